The molecule has 5 rings (SSSR count). The third-order valence-corrected chi connectivity index (χ3v) is 12.5. The maximum atomic E-state index is 3.85. The van der Waals surface area contributed by atoms with E-state index in [2.05, 4.69) is 98.7 Å². The molecule has 0 radical (unpaired) electrons. The number of halogens is 4. The van der Waals surface area contributed by atoms with Gasteiger partial charge in [-0.2, -0.15) is 0 Å². The predicted octanol–water partition coefficient (Wildman–Crippen LogP) is 10.6. The zero-order valence-corrected chi connectivity index (χ0v) is 22.2. The molecule has 130 valence electrons. The van der Waals surface area contributed by atoms with E-state index in [1.54, 1.807) is 22.7 Å². The first kappa shape index (κ1) is 18.5. The maximum absolute atomic E-state index is 3.85. The first-order valence-electron chi connectivity index (χ1n) is 7.35. The van der Waals surface area contributed by atoms with E-state index in [-0.39, 0.29) is 0 Å². The van der Waals surface area contributed by atoms with Crippen molar-refractivity contribution in [3.05, 3.63) is 52.9 Å². The molecule has 0 spiro atoms. The van der Waals surface area contributed by atoms with Crippen LogP contribution in [0.5, 0.6) is 0 Å². The lowest BCUT2D eigenvalue weighted by molar-refractivity contribution is 1.83. The Hall–Kier alpha value is 0.460. The van der Waals surface area contributed by atoms with Crippen LogP contribution in [0.4, 0.5) is 0 Å². The second-order valence-corrected chi connectivity index (χ2v) is 12.8. The van der Waals surface area contributed by atoms with E-state index in [0.29, 0.717) is 0 Å². The van der Waals surface area contributed by atoms with Crippen LogP contribution < -0.4 is 0 Å². The van der Waals surface area contributed by atoms with E-state index >= 15 is 0 Å². The van der Waals surface area contributed by atoms with Gasteiger partial charge in [0.25, 0.3) is 0 Å². The SMILES string of the molecule is Brc1ccsc1-c1sc2cc3c(Br)c(-c4sccc4Br)sc3cc2c1Br. The van der Waals surface area contributed by atoms with Gasteiger partial charge in [0.05, 0.1) is 19.5 Å². The molecule has 1 aromatic carbocycles. The van der Waals surface area contributed by atoms with E-state index in [4.69, 9.17) is 0 Å². The highest BCUT2D eigenvalue weighted by molar-refractivity contribution is 9.11. The molecule has 0 amide bonds. The average molecular weight is 670 g/mol. The molecule has 8 heteroatoms. The summed E-state index contributed by atoms with van der Waals surface area (Å²) in [6, 6.07) is 8.85. The zero-order valence-electron chi connectivity index (χ0n) is 12.6. The second-order valence-electron chi connectivity index (χ2n) is 5.53. The van der Waals surface area contributed by atoms with Crippen molar-refractivity contribution in [3.8, 4) is 19.5 Å². The molecule has 0 saturated heterocycles. The lowest BCUT2D eigenvalue weighted by Crippen LogP contribution is -1.69. The molecule has 0 bridgehead atoms. The molecule has 5 aromatic rings. The van der Waals surface area contributed by atoms with Crippen LogP contribution >= 0.6 is 109 Å². The van der Waals surface area contributed by atoms with Crippen LogP contribution in [-0.2, 0) is 0 Å². The summed E-state index contributed by atoms with van der Waals surface area (Å²) in [6.07, 6.45) is 0. The first-order valence-corrected chi connectivity index (χ1v) is 13.9. The Labute approximate surface area is 199 Å². The summed E-state index contributed by atoms with van der Waals surface area (Å²) in [5, 5.41) is 6.80. The first-order chi connectivity index (χ1) is 12.5. The van der Waals surface area contributed by atoms with Gasteiger partial charge in [-0.05, 0) is 98.7 Å². The van der Waals surface area contributed by atoms with Crippen molar-refractivity contribution >= 4 is 129 Å². The molecule has 26 heavy (non-hydrogen) atoms. The number of hydrogen-bond donors (Lipinski definition) is 0. The number of thiophene rings is 4. The molecule has 4 aromatic heterocycles. The lowest BCUT2D eigenvalue weighted by Gasteiger charge is -1.95. The third kappa shape index (κ3) is 2.87. The Morgan fingerprint density at radius 1 is 0.577 bits per heavy atom. The lowest BCUT2D eigenvalue weighted by atomic mass is 10.2. The van der Waals surface area contributed by atoms with Crippen molar-refractivity contribution in [2.24, 2.45) is 0 Å². The Balaban J connectivity index is 1.77. The van der Waals surface area contributed by atoms with E-state index < -0.39 is 0 Å². The van der Waals surface area contributed by atoms with Gasteiger partial charge in [-0.1, -0.05) is 0 Å². The fourth-order valence-electron chi connectivity index (χ4n) is 2.83. The van der Waals surface area contributed by atoms with Crippen LogP contribution in [0.3, 0.4) is 0 Å². The predicted molar refractivity (Wildman–Crippen MR) is 135 cm³/mol. The van der Waals surface area contributed by atoms with Crippen LogP contribution in [0.15, 0.2) is 52.9 Å². The number of benzene rings is 1. The highest BCUT2D eigenvalue weighted by atomic mass is 79.9. The molecule has 0 aliphatic rings. The fraction of sp³-hybridized carbons (Fsp3) is 0. The normalized spacial score (nSPS) is 11.8. The molecule has 0 saturated carbocycles. The van der Waals surface area contributed by atoms with Crippen molar-refractivity contribution in [3.63, 3.8) is 0 Å². The van der Waals surface area contributed by atoms with Gasteiger partial charge in [-0.25, -0.2) is 0 Å². The summed E-state index contributed by atoms with van der Waals surface area (Å²) in [5.74, 6) is 0. The van der Waals surface area contributed by atoms with Gasteiger partial charge in [0.1, 0.15) is 0 Å². The van der Waals surface area contributed by atoms with Crippen molar-refractivity contribution < 1.29 is 0 Å². The Morgan fingerprint density at radius 2 is 1.00 bits per heavy atom. The largest absolute Gasteiger partial charge is 0.142 e. The Kier molecular flexibility index (Phi) is 5.02. The van der Waals surface area contributed by atoms with Crippen LogP contribution in [0.25, 0.3) is 39.7 Å². The molecule has 0 aliphatic heterocycles. The summed E-state index contributed by atoms with van der Waals surface area (Å²) in [6.45, 7) is 0. The summed E-state index contributed by atoms with van der Waals surface area (Å²) >= 11 is 22.3. The molecule has 0 unspecified atom stereocenters. The van der Waals surface area contributed by atoms with Crippen molar-refractivity contribution in [1.29, 1.82) is 0 Å². The van der Waals surface area contributed by atoms with Crippen LogP contribution in [0.2, 0.25) is 0 Å². The van der Waals surface area contributed by atoms with Gasteiger partial charge >= 0.3 is 0 Å². The van der Waals surface area contributed by atoms with Gasteiger partial charge < -0.3 is 0 Å². The quantitative estimate of drug-likeness (QED) is 0.175. The van der Waals surface area contributed by atoms with Crippen molar-refractivity contribution in [2.75, 3.05) is 0 Å². The van der Waals surface area contributed by atoms with E-state index in [1.807, 2.05) is 22.7 Å². The fourth-order valence-corrected chi connectivity index (χ4v) is 10.9. The molecule has 0 aliphatic carbocycles. The zero-order chi connectivity index (χ0) is 18.0. The summed E-state index contributed by atoms with van der Waals surface area (Å²) in [4.78, 5) is 5.14. The van der Waals surface area contributed by atoms with E-state index in [9.17, 15) is 0 Å². The van der Waals surface area contributed by atoms with Crippen LogP contribution in [0, 0.1) is 0 Å². The van der Waals surface area contributed by atoms with E-state index in [1.165, 1.54) is 48.6 Å². The molecule has 0 nitrogen and oxygen atoms in total. The van der Waals surface area contributed by atoms with Gasteiger partial charge in [-0.3, -0.25) is 0 Å². The Bertz CT molecular complexity index is 1190. The molecule has 4 heterocycles. The maximum Gasteiger partial charge on any atom is 0.0608 e. The molecular weight excluding hydrogens is 664 g/mol. The minimum absolute atomic E-state index is 1.16. The van der Waals surface area contributed by atoms with Crippen LogP contribution in [-0.4, -0.2) is 0 Å². The summed E-state index contributed by atoms with van der Waals surface area (Å²) < 4.78 is 7.28. The summed E-state index contributed by atoms with van der Waals surface area (Å²) in [5.41, 5.74) is 0. The standard InChI is InChI=1S/C18H6Br4S4/c19-9-1-3-23-15(9)17-13(21)7-5-12-8(6-11(7)25-17)14(22)18(26-12)16-10(20)2-4-24-16/h1-6H. The second kappa shape index (κ2) is 7.06. The van der Waals surface area contributed by atoms with Crippen molar-refractivity contribution in [1.82, 2.24) is 0 Å². The van der Waals surface area contributed by atoms with Crippen molar-refractivity contribution in [2.45, 2.75) is 0 Å². The minimum atomic E-state index is 1.16. The number of hydrogen-bond acceptors (Lipinski definition) is 4. The highest BCUT2D eigenvalue weighted by Gasteiger charge is 2.20. The third-order valence-electron chi connectivity index (χ3n) is 4.02. The van der Waals surface area contributed by atoms with Gasteiger partial charge in [-0.15, -0.1) is 45.3 Å². The summed E-state index contributed by atoms with van der Waals surface area (Å²) in [7, 11) is 0. The van der Waals surface area contributed by atoms with Gasteiger partial charge in [0.2, 0.25) is 0 Å². The topological polar surface area (TPSA) is 0 Å². The number of rotatable bonds is 2. The smallest absolute Gasteiger partial charge is 0.0608 e. The molecule has 0 fully saturated rings. The minimum Gasteiger partial charge on any atom is -0.142 e. The molecule has 0 atom stereocenters. The van der Waals surface area contributed by atoms with E-state index in [0.717, 1.165) is 8.95 Å². The van der Waals surface area contributed by atoms with Gasteiger partial charge in [0.15, 0.2) is 0 Å². The number of fused-ring (bicyclic) bond motifs is 2. The monoisotopic (exact) mass is 666 g/mol. The molecule has 0 N–H and O–H groups in total. The Morgan fingerprint density at radius 3 is 1.35 bits per heavy atom. The van der Waals surface area contributed by atoms with Crippen LogP contribution in [0.1, 0.15) is 0 Å². The van der Waals surface area contributed by atoms with Gasteiger partial charge in [0, 0.05) is 38.1 Å². The molecular formula is C18H6Br4S4. The highest BCUT2D eigenvalue weighted by Crippen LogP contribution is 2.51. The average Bonchev–Trinajstić information content (AvgIpc) is 3.36.